The number of nitrogens with one attached hydrogen (secondary N) is 1. The highest BCUT2D eigenvalue weighted by atomic mass is 16.5. The summed E-state index contributed by atoms with van der Waals surface area (Å²) in [6.07, 6.45) is 4.19. The molecule has 0 saturated carbocycles. The third-order valence-corrected chi connectivity index (χ3v) is 3.66. The van der Waals surface area contributed by atoms with Crippen molar-refractivity contribution in [3.63, 3.8) is 0 Å². The fraction of sp³-hybridized carbons (Fsp3) is 0.400. The van der Waals surface area contributed by atoms with Crippen LogP contribution in [0.25, 0.3) is 10.9 Å². The van der Waals surface area contributed by atoms with Crippen LogP contribution in [0.4, 0.5) is 0 Å². The van der Waals surface area contributed by atoms with Gasteiger partial charge in [0.2, 0.25) is 0 Å². The minimum absolute atomic E-state index is 0.0210. The summed E-state index contributed by atoms with van der Waals surface area (Å²) in [6, 6.07) is 7.94. The maximum Gasteiger partial charge on any atom is 0.253 e. The lowest BCUT2D eigenvalue weighted by Gasteiger charge is -2.10. The van der Waals surface area contributed by atoms with Crippen LogP contribution in [0.15, 0.2) is 30.5 Å². The van der Waals surface area contributed by atoms with Gasteiger partial charge in [-0.3, -0.25) is 4.79 Å². The van der Waals surface area contributed by atoms with Crippen molar-refractivity contribution < 1.29 is 9.53 Å². The number of para-hydroxylation sites is 1. The van der Waals surface area contributed by atoms with Crippen molar-refractivity contribution in [1.29, 1.82) is 0 Å². The van der Waals surface area contributed by atoms with E-state index in [0.29, 0.717) is 6.54 Å². The molecule has 0 aliphatic carbocycles. The average molecular weight is 258 g/mol. The Hall–Kier alpha value is -1.81. The third-order valence-electron chi connectivity index (χ3n) is 3.66. The molecular formula is C15H18N2O2. The van der Waals surface area contributed by atoms with Gasteiger partial charge in [-0.15, -0.1) is 0 Å². The van der Waals surface area contributed by atoms with E-state index in [2.05, 4.69) is 5.32 Å². The van der Waals surface area contributed by atoms with E-state index >= 15 is 0 Å². The summed E-state index contributed by atoms with van der Waals surface area (Å²) in [4.78, 5) is 12.2. The standard InChI is InChI=1S/C15H18N2O2/c1-17-10-13(12-6-2-3-7-14(12)17)15(18)16-9-11-5-4-8-19-11/h2-3,6-7,10-11H,4-5,8-9H2,1H3,(H,16,18). The van der Waals surface area contributed by atoms with Crippen molar-refractivity contribution in [2.75, 3.05) is 13.2 Å². The smallest absolute Gasteiger partial charge is 0.253 e. The van der Waals surface area contributed by atoms with Gasteiger partial charge in [-0.25, -0.2) is 0 Å². The van der Waals surface area contributed by atoms with E-state index in [1.807, 2.05) is 42.1 Å². The first kappa shape index (κ1) is 12.2. The van der Waals surface area contributed by atoms with E-state index in [-0.39, 0.29) is 12.0 Å². The van der Waals surface area contributed by atoms with Crippen molar-refractivity contribution in [2.45, 2.75) is 18.9 Å². The van der Waals surface area contributed by atoms with Gasteiger partial charge >= 0.3 is 0 Å². The Kier molecular flexibility index (Phi) is 3.25. The number of aromatic nitrogens is 1. The molecule has 1 aliphatic rings. The lowest BCUT2D eigenvalue weighted by Crippen LogP contribution is -2.31. The summed E-state index contributed by atoms with van der Waals surface area (Å²) in [7, 11) is 1.96. The maximum atomic E-state index is 12.2. The van der Waals surface area contributed by atoms with E-state index in [0.717, 1.165) is 35.9 Å². The SMILES string of the molecule is Cn1cc(C(=O)NCC2CCCO2)c2ccccc21. The summed E-state index contributed by atoms with van der Waals surface area (Å²) >= 11 is 0. The highest BCUT2D eigenvalue weighted by Gasteiger charge is 2.18. The number of benzene rings is 1. The maximum absolute atomic E-state index is 12.2. The second-order valence-electron chi connectivity index (χ2n) is 5.02. The summed E-state index contributed by atoms with van der Waals surface area (Å²) in [5.74, 6) is -0.0210. The molecule has 1 amide bonds. The predicted molar refractivity (Wildman–Crippen MR) is 74.2 cm³/mol. The molecule has 4 nitrogen and oxygen atoms in total. The number of fused-ring (bicyclic) bond motifs is 1. The Morgan fingerprint density at radius 2 is 2.32 bits per heavy atom. The molecular weight excluding hydrogens is 240 g/mol. The quantitative estimate of drug-likeness (QED) is 0.916. The van der Waals surface area contributed by atoms with Crippen molar-refractivity contribution in [1.82, 2.24) is 9.88 Å². The van der Waals surface area contributed by atoms with E-state index in [1.54, 1.807) is 0 Å². The fourth-order valence-corrected chi connectivity index (χ4v) is 2.63. The normalized spacial score (nSPS) is 18.9. The number of nitrogens with zero attached hydrogens (tertiary/aromatic N) is 1. The van der Waals surface area contributed by atoms with Gasteiger partial charge in [0.15, 0.2) is 0 Å². The molecule has 2 heterocycles. The molecule has 1 fully saturated rings. The van der Waals surface area contributed by atoms with Crippen LogP contribution in [0.5, 0.6) is 0 Å². The summed E-state index contributed by atoms with van der Waals surface area (Å²) in [5.41, 5.74) is 1.81. The minimum atomic E-state index is -0.0210. The zero-order chi connectivity index (χ0) is 13.2. The summed E-state index contributed by atoms with van der Waals surface area (Å²) in [6.45, 7) is 1.41. The van der Waals surface area contributed by atoms with E-state index in [4.69, 9.17) is 4.74 Å². The monoisotopic (exact) mass is 258 g/mol. The van der Waals surface area contributed by atoms with Gasteiger partial charge < -0.3 is 14.6 Å². The van der Waals surface area contributed by atoms with E-state index in [9.17, 15) is 4.79 Å². The van der Waals surface area contributed by atoms with Crippen molar-refractivity contribution >= 4 is 16.8 Å². The molecule has 100 valence electrons. The molecule has 19 heavy (non-hydrogen) atoms. The van der Waals surface area contributed by atoms with Gasteiger partial charge in [0, 0.05) is 37.3 Å². The zero-order valence-electron chi connectivity index (χ0n) is 11.1. The van der Waals surface area contributed by atoms with Crippen LogP contribution in [0.3, 0.4) is 0 Å². The topological polar surface area (TPSA) is 43.3 Å². The van der Waals surface area contributed by atoms with Crippen LogP contribution in [0.1, 0.15) is 23.2 Å². The molecule has 1 unspecified atom stereocenters. The molecule has 0 spiro atoms. The molecule has 3 rings (SSSR count). The van der Waals surface area contributed by atoms with Gasteiger partial charge in [-0.1, -0.05) is 18.2 Å². The molecule has 0 bridgehead atoms. The van der Waals surface area contributed by atoms with Crippen molar-refractivity contribution in [2.24, 2.45) is 7.05 Å². The summed E-state index contributed by atoms with van der Waals surface area (Å²) < 4.78 is 7.49. The molecule has 2 aromatic rings. The molecule has 4 heteroatoms. The Labute approximate surface area is 112 Å². The van der Waals surface area contributed by atoms with Crippen molar-refractivity contribution in [3.05, 3.63) is 36.0 Å². The zero-order valence-corrected chi connectivity index (χ0v) is 11.1. The number of hydrogen-bond donors (Lipinski definition) is 1. The van der Waals surface area contributed by atoms with Crippen LogP contribution in [0.2, 0.25) is 0 Å². The van der Waals surface area contributed by atoms with Crippen LogP contribution in [-0.2, 0) is 11.8 Å². The number of carbonyl (C=O) groups excluding carboxylic acids is 1. The average Bonchev–Trinajstić information content (AvgIpc) is 3.05. The number of rotatable bonds is 3. The van der Waals surface area contributed by atoms with Gasteiger partial charge in [0.05, 0.1) is 11.7 Å². The minimum Gasteiger partial charge on any atom is -0.376 e. The number of amides is 1. The Morgan fingerprint density at radius 3 is 3.11 bits per heavy atom. The fourth-order valence-electron chi connectivity index (χ4n) is 2.63. The highest BCUT2D eigenvalue weighted by molar-refractivity contribution is 6.06. The first-order valence-corrected chi connectivity index (χ1v) is 6.69. The number of aryl methyl sites for hydroxylation is 1. The largest absolute Gasteiger partial charge is 0.376 e. The first-order chi connectivity index (χ1) is 9.25. The Morgan fingerprint density at radius 1 is 1.47 bits per heavy atom. The number of hydrogen-bond acceptors (Lipinski definition) is 2. The highest BCUT2D eigenvalue weighted by Crippen LogP contribution is 2.20. The van der Waals surface area contributed by atoms with Gasteiger partial charge in [-0.2, -0.15) is 0 Å². The third kappa shape index (κ3) is 2.36. The number of ether oxygens (including phenoxy) is 1. The van der Waals surface area contributed by atoms with Crippen LogP contribution >= 0.6 is 0 Å². The van der Waals surface area contributed by atoms with Crippen LogP contribution in [-0.4, -0.2) is 29.7 Å². The predicted octanol–water partition coefficient (Wildman–Crippen LogP) is 2.09. The molecule has 1 N–H and O–H groups in total. The molecule has 1 aliphatic heterocycles. The second kappa shape index (κ2) is 5.05. The van der Waals surface area contributed by atoms with E-state index < -0.39 is 0 Å². The van der Waals surface area contributed by atoms with Gasteiger partial charge in [-0.05, 0) is 18.9 Å². The van der Waals surface area contributed by atoms with Gasteiger partial charge in [0.1, 0.15) is 0 Å². The lowest BCUT2D eigenvalue weighted by molar-refractivity contribution is 0.0859. The number of carbonyl (C=O) groups is 1. The molecule has 1 atom stereocenters. The van der Waals surface area contributed by atoms with Crippen LogP contribution in [0, 0.1) is 0 Å². The summed E-state index contributed by atoms with van der Waals surface area (Å²) in [5, 5.41) is 3.96. The molecule has 1 saturated heterocycles. The Bertz CT molecular complexity index is 597. The molecule has 0 radical (unpaired) electrons. The molecule has 1 aromatic heterocycles. The Balaban J connectivity index is 1.77. The lowest BCUT2D eigenvalue weighted by atomic mass is 10.1. The van der Waals surface area contributed by atoms with Crippen molar-refractivity contribution in [3.8, 4) is 0 Å². The first-order valence-electron chi connectivity index (χ1n) is 6.69. The molecule has 1 aromatic carbocycles. The van der Waals surface area contributed by atoms with E-state index in [1.165, 1.54) is 0 Å². The van der Waals surface area contributed by atoms with Crippen LogP contribution < -0.4 is 5.32 Å². The van der Waals surface area contributed by atoms with Gasteiger partial charge in [0.25, 0.3) is 5.91 Å². The second-order valence-corrected chi connectivity index (χ2v) is 5.02.